The molecule has 3 aromatic carbocycles. The minimum atomic E-state index is -3.57. The highest BCUT2D eigenvalue weighted by molar-refractivity contribution is 7.93. The molecule has 1 fully saturated rings. The fraction of sp³-hybridized carbons (Fsp3) is 0.167. The molecule has 0 atom stereocenters. The van der Waals surface area contributed by atoms with E-state index in [9.17, 15) is 17.2 Å². The molecule has 1 aromatic heterocycles. The summed E-state index contributed by atoms with van der Waals surface area (Å²) >= 11 is 0. The predicted molar refractivity (Wildman–Crippen MR) is 126 cm³/mol. The Labute approximate surface area is 194 Å². The van der Waals surface area contributed by atoms with E-state index >= 15 is 0 Å². The van der Waals surface area contributed by atoms with Gasteiger partial charge in [-0.25, -0.2) is 22.2 Å². The van der Waals surface area contributed by atoms with Crippen LogP contribution in [0.25, 0.3) is 27.8 Å². The zero-order valence-corrected chi connectivity index (χ0v) is 18.9. The molecule has 0 amide bonds. The molecule has 7 nitrogen and oxygen atoms in total. The van der Waals surface area contributed by atoms with E-state index in [1.54, 1.807) is 48.1 Å². The van der Waals surface area contributed by atoms with E-state index in [1.807, 2.05) is 0 Å². The number of halogens is 2. The van der Waals surface area contributed by atoms with Crippen LogP contribution < -0.4 is 4.72 Å². The summed E-state index contributed by atoms with van der Waals surface area (Å²) in [6.45, 7) is 1.66. The first-order chi connectivity index (χ1) is 16.2. The van der Waals surface area contributed by atoms with Gasteiger partial charge in [0, 0.05) is 22.9 Å². The second kappa shape index (κ2) is 8.21. The van der Waals surface area contributed by atoms with E-state index in [1.165, 1.54) is 12.1 Å². The molecule has 1 aliphatic carbocycles. The average molecular weight is 483 g/mol. The highest BCUT2D eigenvalue weighted by atomic mass is 32.2. The smallest absolute Gasteiger partial charge is 0.235 e. The van der Waals surface area contributed by atoms with Gasteiger partial charge in [0.05, 0.1) is 27.7 Å². The Balaban J connectivity index is 1.66. The van der Waals surface area contributed by atoms with Crippen LogP contribution in [0, 0.1) is 11.6 Å². The van der Waals surface area contributed by atoms with Gasteiger partial charge in [0.15, 0.2) is 0 Å². The van der Waals surface area contributed by atoms with Crippen LogP contribution in [0.3, 0.4) is 0 Å². The molecule has 0 unspecified atom stereocenters. The van der Waals surface area contributed by atoms with Gasteiger partial charge in [-0.2, -0.15) is 0 Å². The number of sulfonamides is 1. The number of aromatic nitrogens is 2. The van der Waals surface area contributed by atoms with Gasteiger partial charge in [-0.3, -0.25) is 9.29 Å². The van der Waals surface area contributed by atoms with Crippen LogP contribution in [-0.4, -0.2) is 34.1 Å². The van der Waals surface area contributed by atoms with Crippen molar-refractivity contribution in [3.63, 3.8) is 0 Å². The Kier molecular flexibility index (Phi) is 5.32. The molecule has 0 bridgehead atoms. The van der Waals surface area contributed by atoms with Gasteiger partial charge in [0.25, 0.3) is 0 Å². The molecule has 0 aliphatic heterocycles. The molecule has 34 heavy (non-hydrogen) atoms. The molecule has 5 rings (SSSR count). The van der Waals surface area contributed by atoms with E-state index in [-0.39, 0.29) is 11.3 Å². The van der Waals surface area contributed by atoms with E-state index in [0.29, 0.717) is 46.4 Å². The van der Waals surface area contributed by atoms with Crippen LogP contribution in [0.1, 0.15) is 25.3 Å². The first-order valence-corrected chi connectivity index (χ1v) is 12.1. The summed E-state index contributed by atoms with van der Waals surface area (Å²) < 4.78 is 57.6. The van der Waals surface area contributed by atoms with E-state index < -0.39 is 26.9 Å². The van der Waals surface area contributed by atoms with Gasteiger partial charge in [-0.05, 0) is 67.8 Å². The Morgan fingerprint density at radius 2 is 1.91 bits per heavy atom. The number of oxime groups is 1. The molecule has 174 valence electrons. The van der Waals surface area contributed by atoms with Gasteiger partial charge in [0.1, 0.15) is 18.0 Å². The van der Waals surface area contributed by atoms with Crippen LogP contribution >= 0.6 is 0 Å². The lowest BCUT2D eigenvalue weighted by Crippen LogP contribution is -2.17. The van der Waals surface area contributed by atoms with Gasteiger partial charge in [-0.1, -0.05) is 11.2 Å². The van der Waals surface area contributed by atoms with Gasteiger partial charge in [-0.15, -0.1) is 0 Å². The number of hydrogen-bond acceptors (Lipinski definition) is 5. The van der Waals surface area contributed by atoms with Gasteiger partial charge in [0.2, 0.25) is 10.0 Å². The number of rotatable bonds is 6. The molecule has 4 aromatic rings. The quantitative estimate of drug-likeness (QED) is 0.228. The maximum absolute atomic E-state index is 14.6. The first-order valence-electron chi connectivity index (χ1n) is 10.5. The molecule has 1 saturated carbocycles. The van der Waals surface area contributed by atoms with Crippen LogP contribution in [0.4, 0.5) is 14.5 Å². The summed E-state index contributed by atoms with van der Waals surface area (Å²) in [5.41, 5.74) is 3.78. The number of nitrogens with zero attached hydrogens (tertiary/aromatic N) is 3. The summed E-state index contributed by atoms with van der Waals surface area (Å²) in [7, 11) is -3.57. The second-order valence-corrected chi connectivity index (χ2v) is 10.2. The SMILES string of the molecule is CC(=NO)c1ccc2c(c1)ncn2-c1cc(NS(=O)(=O)C2CC2)cc(-c2ccc(F)cc2F)c1. The van der Waals surface area contributed by atoms with Crippen LogP contribution in [0.2, 0.25) is 0 Å². The zero-order valence-electron chi connectivity index (χ0n) is 18.0. The standard InChI is InChI=1S/C24H20F2N4O3S/c1-14(28-31)15-2-7-24-23(10-15)27-13-30(24)19-9-16(21-6-3-17(25)11-22(21)26)8-18(12-19)29-34(32,33)20-4-5-20/h2-3,6-13,20,29,31H,4-5H2,1H3. The van der Waals surface area contributed by atoms with Crippen molar-refractivity contribution in [2.45, 2.75) is 25.0 Å². The van der Waals surface area contributed by atoms with Crippen molar-refractivity contribution in [3.8, 4) is 16.8 Å². The Morgan fingerprint density at radius 3 is 2.62 bits per heavy atom. The van der Waals surface area contributed by atoms with Crippen molar-refractivity contribution in [3.05, 3.63) is 78.1 Å². The predicted octanol–water partition coefficient (Wildman–Crippen LogP) is 5.07. The van der Waals surface area contributed by atoms with Crippen molar-refractivity contribution in [2.75, 3.05) is 4.72 Å². The largest absolute Gasteiger partial charge is 0.411 e. The fourth-order valence-corrected chi connectivity index (χ4v) is 5.19. The fourth-order valence-electron chi connectivity index (χ4n) is 3.82. The summed E-state index contributed by atoms with van der Waals surface area (Å²) in [4.78, 5) is 4.41. The number of nitrogens with one attached hydrogen (secondary N) is 1. The minimum Gasteiger partial charge on any atom is -0.411 e. The second-order valence-electron chi connectivity index (χ2n) is 8.24. The number of hydrogen-bond donors (Lipinski definition) is 2. The van der Waals surface area contributed by atoms with Crippen molar-refractivity contribution in [1.82, 2.24) is 9.55 Å². The molecule has 0 radical (unpaired) electrons. The van der Waals surface area contributed by atoms with Gasteiger partial charge < -0.3 is 5.21 Å². The molecule has 10 heteroatoms. The maximum Gasteiger partial charge on any atom is 0.235 e. The van der Waals surface area contributed by atoms with Crippen molar-refractivity contribution in [2.24, 2.45) is 5.16 Å². The number of benzene rings is 3. The number of fused-ring (bicyclic) bond motifs is 1. The maximum atomic E-state index is 14.6. The first kappa shape index (κ1) is 22.0. The van der Waals surface area contributed by atoms with E-state index in [2.05, 4.69) is 14.9 Å². The van der Waals surface area contributed by atoms with E-state index in [4.69, 9.17) is 5.21 Å². The zero-order chi connectivity index (χ0) is 24.0. The topological polar surface area (TPSA) is 96.6 Å². The third kappa shape index (κ3) is 4.12. The van der Waals surface area contributed by atoms with E-state index in [0.717, 1.165) is 12.1 Å². The molecular weight excluding hydrogens is 462 g/mol. The summed E-state index contributed by atoms with van der Waals surface area (Å²) in [6, 6.07) is 13.4. The van der Waals surface area contributed by atoms with Gasteiger partial charge >= 0.3 is 0 Å². The highest BCUT2D eigenvalue weighted by Gasteiger charge is 2.35. The lowest BCUT2D eigenvalue weighted by molar-refractivity contribution is 0.319. The van der Waals surface area contributed by atoms with Crippen LogP contribution in [0.5, 0.6) is 0 Å². The summed E-state index contributed by atoms with van der Waals surface area (Å²) in [5, 5.41) is 11.8. The third-order valence-electron chi connectivity index (χ3n) is 5.78. The van der Waals surface area contributed by atoms with Crippen molar-refractivity contribution in [1.29, 1.82) is 0 Å². The summed E-state index contributed by atoms with van der Waals surface area (Å²) in [6.07, 6.45) is 2.76. The molecule has 0 spiro atoms. The van der Waals surface area contributed by atoms with Crippen LogP contribution in [0.15, 0.2) is 66.1 Å². The average Bonchev–Trinajstić information content (AvgIpc) is 3.58. The Morgan fingerprint density at radius 1 is 1.12 bits per heavy atom. The summed E-state index contributed by atoms with van der Waals surface area (Å²) in [5.74, 6) is -1.46. The van der Waals surface area contributed by atoms with Crippen molar-refractivity contribution >= 4 is 32.5 Å². The molecular formula is C24H20F2N4O3S. The van der Waals surface area contributed by atoms with Crippen LogP contribution in [-0.2, 0) is 10.0 Å². The number of anilines is 1. The Hall–Kier alpha value is -3.79. The molecule has 1 heterocycles. The monoisotopic (exact) mass is 482 g/mol. The lowest BCUT2D eigenvalue weighted by atomic mass is 10.0. The minimum absolute atomic E-state index is 0.136. The Bertz CT molecular complexity index is 1560. The van der Waals surface area contributed by atoms with Crippen molar-refractivity contribution < 1.29 is 22.4 Å². The normalized spacial score (nSPS) is 14.5. The molecule has 2 N–H and O–H groups in total. The lowest BCUT2D eigenvalue weighted by Gasteiger charge is -2.14. The third-order valence-corrected chi connectivity index (χ3v) is 7.65. The highest BCUT2D eigenvalue weighted by Crippen LogP contribution is 2.34. The number of imidazole rings is 1. The molecule has 0 saturated heterocycles. The molecule has 1 aliphatic rings.